The molecule has 0 saturated heterocycles. The number of phenolic OH excluding ortho intramolecular Hbond substituents is 1. The number of carbonyl (C=O) groups is 2. The minimum atomic E-state index is -0.928. The maximum Gasteiger partial charge on any atom is 0.307 e. The number of nitrogens with one attached hydrogen (secondary N) is 1. The number of aliphatic carboxylic acids is 1. The highest BCUT2D eigenvalue weighted by atomic mass is 35.5. The van der Waals surface area contributed by atoms with Gasteiger partial charge < -0.3 is 25.2 Å². The molecule has 7 nitrogen and oxygen atoms in total. The number of amides is 1. The van der Waals surface area contributed by atoms with Gasteiger partial charge in [-0.25, -0.2) is 0 Å². The summed E-state index contributed by atoms with van der Waals surface area (Å²) in [6.07, 6.45) is -0.0980. The zero-order chi connectivity index (χ0) is 21.3. The second-order valence-corrected chi connectivity index (χ2v) is 7.29. The predicted molar refractivity (Wildman–Crippen MR) is 109 cm³/mol. The van der Waals surface area contributed by atoms with Gasteiger partial charge in [-0.2, -0.15) is 0 Å². The van der Waals surface area contributed by atoms with E-state index in [1.54, 1.807) is 54.9 Å². The molecule has 0 bridgehead atoms. The Bertz CT molecular complexity index is 1110. The van der Waals surface area contributed by atoms with Gasteiger partial charge in [-0.15, -0.1) is 0 Å². The normalized spacial score (nSPS) is 12.1. The fourth-order valence-corrected chi connectivity index (χ4v) is 3.62. The van der Waals surface area contributed by atoms with Crippen LogP contribution >= 0.6 is 11.6 Å². The van der Waals surface area contributed by atoms with Crippen molar-refractivity contribution in [1.29, 1.82) is 0 Å². The Morgan fingerprint density at radius 3 is 2.55 bits per heavy atom. The maximum absolute atomic E-state index is 12.9. The molecule has 0 spiro atoms. The van der Waals surface area contributed by atoms with Gasteiger partial charge in [0.1, 0.15) is 11.4 Å². The first-order valence-corrected chi connectivity index (χ1v) is 9.30. The first kappa shape index (κ1) is 20.7. The maximum atomic E-state index is 12.9. The summed E-state index contributed by atoms with van der Waals surface area (Å²) in [6.45, 7) is 1.47. The van der Waals surface area contributed by atoms with E-state index in [0.717, 1.165) is 5.56 Å². The second kappa shape index (κ2) is 8.14. The van der Waals surface area contributed by atoms with Crippen molar-refractivity contribution < 1.29 is 24.9 Å². The lowest BCUT2D eigenvalue weighted by Gasteiger charge is -2.19. The van der Waals surface area contributed by atoms with E-state index in [2.05, 4.69) is 5.32 Å². The number of fused-ring (bicyclic) bond motifs is 1. The van der Waals surface area contributed by atoms with E-state index in [9.17, 15) is 19.8 Å². The molecule has 1 aromatic heterocycles. The summed E-state index contributed by atoms with van der Waals surface area (Å²) in [7, 11) is 1.70. The van der Waals surface area contributed by atoms with Crippen LogP contribution in [0.5, 0.6) is 5.75 Å². The lowest BCUT2D eigenvalue weighted by atomic mass is 9.98. The van der Waals surface area contributed by atoms with E-state index in [1.807, 2.05) is 0 Å². The van der Waals surface area contributed by atoms with Gasteiger partial charge >= 0.3 is 5.97 Å². The number of phenols is 1. The molecule has 0 saturated carbocycles. The van der Waals surface area contributed by atoms with Gasteiger partial charge in [0, 0.05) is 12.4 Å². The molecule has 4 N–H and O–H groups in total. The number of benzene rings is 2. The summed E-state index contributed by atoms with van der Waals surface area (Å²) in [6, 6.07) is 9.25. The van der Waals surface area contributed by atoms with Gasteiger partial charge in [0.2, 0.25) is 0 Å². The molecule has 2 aromatic carbocycles. The SMILES string of the molecule is Cc1cc(CC(=O)O)ccc1[C@@H](CO)NC(=O)c1cc2c(O)c(Cl)ccc2n1C. The van der Waals surface area contributed by atoms with E-state index in [0.29, 0.717) is 27.7 Å². The van der Waals surface area contributed by atoms with Crippen molar-refractivity contribution in [2.45, 2.75) is 19.4 Å². The van der Waals surface area contributed by atoms with Crippen LogP contribution in [0.15, 0.2) is 36.4 Å². The zero-order valence-electron chi connectivity index (χ0n) is 15.9. The number of aliphatic hydroxyl groups is 1. The Kier molecular flexibility index (Phi) is 5.81. The van der Waals surface area contributed by atoms with E-state index >= 15 is 0 Å². The van der Waals surface area contributed by atoms with E-state index in [4.69, 9.17) is 16.7 Å². The number of hydrogen-bond acceptors (Lipinski definition) is 4. The molecule has 1 atom stereocenters. The Morgan fingerprint density at radius 1 is 1.21 bits per heavy atom. The van der Waals surface area contributed by atoms with Gasteiger partial charge in [-0.05, 0) is 41.8 Å². The highest BCUT2D eigenvalue weighted by Gasteiger charge is 2.21. The average molecular weight is 417 g/mol. The molecule has 0 unspecified atom stereocenters. The van der Waals surface area contributed by atoms with E-state index < -0.39 is 17.9 Å². The molecule has 0 aliphatic carbocycles. The minimum absolute atomic E-state index is 0.0950. The molecule has 1 heterocycles. The molecule has 29 heavy (non-hydrogen) atoms. The number of aliphatic hydroxyl groups excluding tert-OH is 1. The fourth-order valence-electron chi connectivity index (χ4n) is 3.45. The van der Waals surface area contributed by atoms with Gasteiger partial charge in [0.05, 0.1) is 29.6 Å². The van der Waals surface area contributed by atoms with Crippen molar-refractivity contribution in [3.8, 4) is 5.75 Å². The molecule has 3 rings (SSSR count). The van der Waals surface area contributed by atoms with Gasteiger partial charge in [0.25, 0.3) is 5.91 Å². The highest BCUT2D eigenvalue weighted by Crippen LogP contribution is 2.34. The minimum Gasteiger partial charge on any atom is -0.506 e. The molecule has 0 aliphatic heterocycles. The van der Waals surface area contributed by atoms with Crippen LogP contribution in [-0.2, 0) is 18.3 Å². The third kappa shape index (κ3) is 4.06. The first-order chi connectivity index (χ1) is 13.7. The van der Waals surface area contributed by atoms with Crippen molar-refractivity contribution >= 4 is 34.4 Å². The van der Waals surface area contributed by atoms with Crippen LogP contribution in [0.3, 0.4) is 0 Å². The van der Waals surface area contributed by atoms with Crippen LogP contribution in [0, 0.1) is 6.92 Å². The van der Waals surface area contributed by atoms with Gasteiger partial charge in [-0.1, -0.05) is 29.8 Å². The average Bonchev–Trinajstić information content (AvgIpc) is 3.00. The summed E-state index contributed by atoms with van der Waals surface area (Å²) >= 11 is 5.95. The number of hydrogen-bond donors (Lipinski definition) is 4. The molecule has 1 amide bonds. The third-order valence-corrected chi connectivity index (χ3v) is 5.24. The summed E-state index contributed by atoms with van der Waals surface area (Å²) in [5.41, 5.74) is 3.05. The summed E-state index contributed by atoms with van der Waals surface area (Å²) in [4.78, 5) is 23.7. The Balaban J connectivity index is 1.89. The van der Waals surface area contributed by atoms with Gasteiger partial charge in [0.15, 0.2) is 0 Å². The van der Waals surface area contributed by atoms with Crippen LogP contribution < -0.4 is 5.32 Å². The second-order valence-electron chi connectivity index (χ2n) is 6.89. The molecule has 3 aromatic rings. The van der Waals surface area contributed by atoms with Crippen LogP contribution in [-0.4, -0.2) is 38.4 Å². The number of aromatic hydroxyl groups is 1. The Morgan fingerprint density at radius 2 is 1.93 bits per heavy atom. The topological polar surface area (TPSA) is 112 Å². The number of halogens is 1. The lowest BCUT2D eigenvalue weighted by Crippen LogP contribution is -2.32. The van der Waals surface area contributed by atoms with Crippen molar-refractivity contribution in [2.75, 3.05) is 6.61 Å². The Hall–Kier alpha value is -3.03. The summed E-state index contributed by atoms with van der Waals surface area (Å²) in [5, 5.41) is 32.4. The van der Waals surface area contributed by atoms with E-state index in [1.165, 1.54) is 0 Å². The molecule has 8 heteroatoms. The number of carboxylic acid groups (broad SMARTS) is 1. The molecule has 152 valence electrons. The number of carbonyl (C=O) groups excluding carboxylic acids is 1. The fraction of sp³-hybridized carbons (Fsp3) is 0.238. The lowest BCUT2D eigenvalue weighted by molar-refractivity contribution is -0.136. The van der Waals surface area contributed by atoms with Crippen LogP contribution in [0.4, 0.5) is 0 Å². The molecular weight excluding hydrogens is 396 g/mol. The number of aryl methyl sites for hydroxylation is 2. The quantitative estimate of drug-likeness (QED) is 0.493. The van der Waals surface area contributed by atoms with Crippen molar-refractivity contribution in [3.63, 3.8) is 0 Å². The largest absolute Gasteiger partial charge is 0.506 e. The molecule has 0 aliphatic rings. The zero-order valence-corrected chi connectivity index (χ0v) is 16.7. The van der Waals surface area contributed by atoms with Crippen molar-refractivity contribution in [2.24, 2.45) is 7.05 Å². The highest BCUT2D eigenvalue weighted by molar-refractivity contribution is 6.33. The van der Waals surface area contributed by atoms with E-state index in [-0.39, 0.29) is 23.8 Å². The van der Waals surface area contributed by atoms with Crippen molar-refractivity contribution in [1.82, 2.24) is 9.88 Å². The van der Waals surface area contributed by atoms with Crippen LogP contribution in [0.2, 0.25) is 5.02 Å². The first-order valence-electron chi connectivity index (χ1n) is 8.92. The number of rotatable bonds is 6. The summed E-state index contributed by atoms with van der Waals surface area (Å²) in [5.74, 6) is -1.45. The van der Waals surface area contributed by atoms with Crippen LogP contribution in [0.25, 0.3) is 10.9 Å². The van der Waals surface area contributed by atoms with Crippen molar-refractivity contribution in [3.05, 3.63) is 63.8 Å². The number of aromatic nitrogens is 1. The van der Waals surface area contributed by atoms with Gasteiger partial charge in [-0.3, -0.25) is 9.59 Å². The standard InChI is InChI=1S/C21H21ClN2O5/c1-11-7-12(8-19(26)27)3-4-13(11)16(10-25)23-21(29)18-9-14-17(24(18)2)6-5-15(22)20(14)28/h3-7,9,16,25,28H,8,10H2,1-2H3,(H,23,29)(H,26,27)/t16-/m1/s1. The monoisotopic (exact) mass is 416 g/mol. The third-order valence-electron chi connectivity index (χ3n) is 4.93. The number of nitrogens with zero attached hydrogens (tertiary/aromatic N) is 1. The molecule has 0 fully saturated rings. The Labute approximate surface area is 172 Å². The smallest absolute Gasteiger partial charge is 0.307 e. The predicted octanol–water partition coefficient (Wildman–Crippen LogP) is 2.94. The molecular formula is C21H21ClN2O5. The molecule has 0 radical (unpaired) electrons. The van der Waals surface area contributed by atoms with Crippen LogP contribution in [0.1, 0.15) is 33.2 Å². The number of carboxylic acids is 1. The summed E-state index contributed by atoms with van der Waals surface area (Å²) < 4.78 is 1.64.